The number of rotatable bonds is 6. The van der Waals surface area contributed by atoms with Crippen LogP contribution in [0.4, 0.5) is 5.69 Å². The Labute approximate surface area is 123 Å². The number of hydrogen-bond donors (Lipinski definition) is 1. The van der Waals surface area contributed by atoms with Crippen LogP contribution in [0.2, 0.25) is 0 Å². The van der Waals surface area contributed by atoms with Crippen molar-refractivity contribution in [2.24, 2.45) is 5.92 Å². The van der Waals surface area contributed by atoms with Gasteiger partial charge in [0.2, 0.25) is 0 Å². The highest BCUT2D eigenvalue weighted by Crippen LogP contribution is 2.26. The molecule has 0 aliphatic heterocycles. The van der Waals surface area contributed by atoms with Gasteiger partial charge in [0, 0.05) is 18.3 Å². The lowest BCUT2D eigenvalue weighted by Crippen LogP contribution is -2.26. The van der Waals surface area contributed by atoms with E-state index in [9.17, 15) is 0 Å². The summed E-state index contributed by atoms with van der Waals surface area (Å²) < 4.78 is 5.71. The Morgan fingerprint density at radius 2 is 1.95 bits per heavy atom. The molecule has 0 bridgehead atoms. The molecular formula is C17H28N2O. The molecular weight excluding hydrogens is 248 g/mol. The smallest absolute Gasteiger partial charge is 0.119 e. The summed E-state index contributed by atoms with van der Waals surface area (Å²) in [7, 11) is 4.11. The highest BCUT2D eigenvalue weighted by Gasteiger charge is 2.18. The molecule has 112 valence electrons. The van der Waals surface area contributed by atoms with Crippen LogP contribution in [-0.4, -0.2) is 38.2 Å². The topological polar surface area (TPSA) is 24.5 Å². The Bertz CT molecular complexity index is 388. The monoisotopic (exact) mass is 276 g/mol. The van der Waals surface area contributed by atoms with Crippen molar-refractivity contribution in [1.29, 1.82) is 0 Å². The molecule has 2 rings (SSSR count). The molecule has 1 saturated carbocycles. The zero-order valence-electron chi connectivity index (χ0n) is 13.1. The lowest BCUT2D eigenvalue weighted by Gasteiger charge is -2.28. The van der Waals surface area contributed by atoms with Crippen molar-refractivity contribution in [3.05, 3.63) is 24.3 Å². The molecule has 2 unspecified atom stereocenters. The van der Waals surface area contributed by atoms with Gasteiger partial charge in [0.15, 0.2) is 0 Å². The first-order chi connectivity index (χ1) is 9.63. The maximum Gasteiger partial charge on any atom is 0.119 e. The summed E-state index contributed by atoms with van der Waals surface area (Å²) in [6, 6.07) is 9.02. The molecule has 20 heavy (non-hydrogen) atoms. The predicted molar refractivity (Wildman–Crippen MR) is 85.5 cm³/mol. The molecule has 0 aromatic heterocycles. The molecule has 2 atom stereocenters. The average Bonchev–Trinajstić information content (AvgIpc) is 2.40. The number of likely N-dealkylation sites (N-methyl/N-ethyl adjacent to an activating group) is 1. The molecule has 1 aliphatic rings. The molecule has 1 N–H and O–H groups in total. The van der Waals surface area contributed by atoms with Gasteiger partial charge in [0.05, 0.1) is 0 Å². The van der Waals surface area contributed by atoms with Crippen molar-refractivity contribution in [3.8, 4) is 5.75 Å². The van der Waals surface area contributed by atoms with Gasteiger partial charge in [-0.3, -0.25) is 0 Å². The van der Waals surface area contributed by atoms with Crippen molar-refractivity contribution in [1.82, 2.24) is 4.90 Å². The minimum atomic E-state index is 0.638. The number of nitrogens with one attached hydrogen (secondary N) is 1. The third-order valence-corrected chi connectivity index (χ3v) is 3.97. The minimum Gasteiger partial charge on any atom is -0.492 e. The van der Waals surface area contributed by atoms with Crippen molar-refractivity contribution < 1.29 is 4.74 Å². The first kappa shape index (κ1) is 15.2. The van der Waals surface area contributed by atoms with Crippen LogP contribution in [0.1, 0.15) is 32.6 Å². The fourth-order valence-electron chi connectivity index (χ4n) is 2.79. The lowest BCUT2D eigenvalue weighted by molar-refractivity contribution is 0.261. The van der Waals surface area contributed by atoms with Crippen molar-refractivity contribution in [2.45, 2.75) is 38.6 Å². The number of nitrogens with zero attached hydrogens (tertiary/aromatic N) is 1. The Morgan fingerprint density at radius 3 is 2.60 bits per heavy atom. The van der Waals surface area contributed by atoms with Gasteiger partial charge in [-0.2, -0.15) is 0 Å². The molecule has 1 fully saturated rings. The Balaban J connectivity index is 1.79. The van der Waals surface area contributed by atoms with Gasteiger partial charge in [-0.05, 0) is 57.1 Å². The third kappa shape index (κ3) is 5.04. The number of ether oxygens (including phenoxy) is 1. The quantitative estimate of drug-likeness (QED) is 0.859. The Kier molecular flexibility index (Phi) is 5.72. The molecule has 0 spiro atoms. The highest BCUT2D eigenvalue weighted by atomic mass is 16.5. The van der Waals surface area contributed by atoms with Crippen LogP contribution in [0.15, 0.2) is 24.3 Å². The maximum absolute atomic E-state index is 5.71. The fraction of sp³-hybridized carbons (Fsp3) is 0.647. The van der Waals surface area contributed by atoms with E-state index in [2.05, 4.69) is 55.5 Å². The van der Waals surface area contributed by atoms with Crippen molar-refractivity contribution in [2.75, 3.05) is 32.6 Å². The Hall–Kier alpha value is -1.22. The van der Waals surface area contributed by atoms with Crippen LogP contribution >= 0.6 is 0 Å². The molecule has 3 heteroatoms. The molecule has 0 radical (unpaired) electrons. The van der Waals surface area contributed by atoms with Gasteiger partial charge in [0.25, 0.3) is 0 Å². The minimum absolute atomic E-state index is 0.638. The second-order valence-electron chi connectivity index (χ2n) is 6.29. The van der Waals surface area contributed by atoms with E-state index < -0.39 is 0 Å². The second-order valence-corrected chi connectivity index (χ2v) is 6.29. The SMILES string of the molecule is CC1CCCC(Nc2ccc(OCCN(C)C)cc2)C1. The summed E-state index contributed by atoms with van der Waals surface area (Å²) in [5.41, 5.74) is 1.21. The van der Waals surface area contributed by atoms with E-state index in [0.29, 0.717) is 6.04 Å². The van der Waals surface area contributed by atoms with Gasteiger partial charge in [-0.1, -0.05) is 19.8 Å². The van der Waals surface area contributed by atoms with Crippen LogP contribution in [0.25, 0.3) is 0 Å². The zero-order chi connectivity index (χ0) is 14.4. The normalized spacial score (nSPS) is 22.8. The highest BCUT2D eigenvalue weighted by molar-refractivity contribution is 5.47. The van der Waals surface area contributed by atoms with Gasteiger partial charge < -0.3 is 15.0 Å². The first-order valence-corrected chi connectivity index (χ1v) is 7.77. The maximum atomic E-state index is 5.71. The zero-order valence-corrected chi connectivity index (χ0v) is 13.1. The molecule has 1 aliphatic carbocycles. The number of anilines is 1. The van der Waals surface area contributed by atoms with Gasteiger partial charge in [-0.15, -0.1) is 0 Å². The third-order valence-electron chi connectivity index (χ3n) is 3.97. The Morgan fingerprint density at radius 1 is 1.20 bits per heavy atom. The van der Waals surface area contributed by atoms with E-state index in [1.165, 1.54) is 31.4 Å². The van der Waals surface area contributed by atoms with E-state index in [1.807, 2.05) is 0 Å². The summed E-state index contributed by atoms with van der Waals surface area (Å²) in [5.74, 6) is 1.81. The summed E-state index contributed by atoms with van der Waals surface area (Å²) >= 11 is 0. The fourth-order valence-corrected chi connectivity index (χ4v) is 2.79. The second kappa shape index (κ2) is 7.53. The van der Waals surface area contributed by atoms with Crippen molar-refractivity contribution in [3.63, 3.8) is 0 Å². The van der Waals surface area contributed by atoms with Gasteiger partial charge in [-0.25, -0.2) is 0 Å². The van der Waals surface area contributed by atoms with E-state index in [-0.39, 0.29) is 0 Å². The molecule has 1 aromatic rings. The number of benzene rings is 1. The summed E-state index contributed by atoms with van der Waals surface area (Å²) in [6.45, 7) is 4.04. The molecule has 0 saturated heterocycles. The first-order valence-electron chi connectivity index (χ1n) is 7.77. The summed E-state index contributed by atoms with van der Waals surface area (Å²) in [4.78, 5) is 2.13. The summed E-state index contributed by atoms with van der Waals surface area (Å²) in [6.07, 6.45) is 5.33. The van der Waals surface area contributed by atoms with Crippen LogP contribution < -0.4 is 10.1 Å². The van der Waals surface area contributed by atoms with Gasteiger partial charge in [0.1, 0.15) is 12.4 Å². The summed E-state index contributed by atoms with van der Waals surface area (Å²) in [5, 5.41) is 3.65. The standard InChI is InChI=1S/C17H28N2O/c1-14-5-4-6-16(13-14)18-15-7-9-17(10-8-15)20-12-11-19(2)3/h7-10,14,16,18H,4-6,11-13H2,1-3H3. The molecule has 3 nitrogen and oxygen atoms in total. The molecule has 0 amide bonds. The van der Waals surface area contributed by atoms with E-state index >= 15 is 0 Å². The van der Waals surface area contributed by atoms with E-state index in [1.54, 1.807) is 0 Å². The van der Waals surface area contributed by atoms with E-state index in [0.717, 1.165) is 24.8 Å². The van der Waals surface area contributed by atoms with Gasteiger partial charge >= 0.3 is 0 Å². The largest absolute Gasteiger partial charge is 0.492 e. The predicted octanol–water partition coefficient (Wildman–Crippen LogP) is 3.62. The van der Waals surface area contributed by atoms with Crippen LogP contribution in [0, 0.1) is 5.92 Å². The molecule has 1 aromatic carbocycles. The van der Waals surface area contributed by atoms with Crippen LogP contribution in [0.5, 0.6) is 5.75 Å². The van der Waals surface area contributed by atoms with Crippen molar-refractivity contribution >= 4 is 5.69 Å². The van der Waals surface area contributed by atoms with Crippen LogP contribution in [-0.2, 0) is 0 Å². The van der Waals surface area contributed by atoms with Crippen LogP contribution in [0.3, 0.4) is 0 Å². The van der Waals surface area contributed by atoms with E-state index in [4.69, 9.17) is 4.74 Å². The lowest BCUT2D eigenvalue weighted by atomic mass is 9.87. The number of hydrogen-bond acceptors (Lipinski definition) is 3. The average molecular weight is 276 g/mol. The molecule has 0 heterocycles.